The van der Waals surface area contributed by atoms with Crippen molar-refractivity contribution >= 4 is 5.69 Å². The molecule has 4 rings (SSSR count). The average Bonchev–Trinajstić information content (AvgIpc) is 2.92. The van der Waals surface area contributed by atoms with E-state index in [1.165, 1.54) is 47.1 Å². The predicted octanol–water partition coefficient (Wildman–Crippen LogP) is 3.89. The molecule has 23 heavy (non-hydrogen) atoms. The van der Waals surface area contributed by atoms with Crippen molar-refractivity contribution in [2.24, 2.45) is 5.92 Å². The normalized spacial score (nSPS) is 26.4. The number of nitrogen functional groups attached to an aromatic ring is 1. The Morgan fingerprint density at radius 2 is 1.74 bits per heavy atom. The van der Waals surface area contributed by atoms with E-state index in [9.17, 15) is 4.39 Å². The molecule has 0 saturated carbocycles. The van der Waals surface area contributed by atoms with E-state index in [2.05, 4.69) is 12.1 Å². The Morgan fingerprint density at radius 1 is 1.00 bits per heavy atom. The fourth-order valence-corrected chi connectivity index (χ4v) is 4.39. The number of hydrogen-bond acceptors (Lipinski definition) is 1. The zero-order chi connectivity index (χ0) is 15.9. The van der Waals surface area contributed by atoms with E-state index < -0.39 is 0 Å². The van der Waals surface area contributed by atoms with Crippen molar-refractivity contribution in [1.29, 1.82) is 0 Å². The summed E-state index contributed by atoms with van der Waals surface area (Å²) in [7, 11) is 0. The molecule has 2 aromatic rings. The van der Waals surface area contributed by atoms with E-state index in [0.29, 0.717) is 0 Å². The standard InChI is InChI=1S/C20H24FN2/c21-18-6-4-15(5-7-18)12-16-8-10-23(11-9-16)13-17-2-1-3-20(22)19(17)14-23/h1-7,16H,8-14,22H2/q+1. The first kappa shape index (κ1) is 14.7. The van der Waals surface area contributed by atoms with Crippen LogP contribution in [0.3, 0.4) is 0 Å². The maximum absolute atomic E-state index is 13.0. The Bertz CT molecular complexity index is 700. The first-order valence-electron chi connectivity index (χ1n) is 8.59. The number of anilines is 1. The molecule has 0 aromatic heterocycles. The summed E-state index contributed by atoms with van der Waals surface area (Å²) in [6.07, 6.45) is 3.59. The van der Waals surface area contributed by atoms with Gasteiger partial charge in [-0.2, -0.15) is 0 Å². The Kier molecular flexibility index (Phi) is 3.61. The summed E-state index contributed by atoms with van der Waals surface area (Å²) in [6, 6.07) is 13.4. The molecule has 2 aliphatic rings. The van der Waals surface area contributed by atoms with E-state index in [4.69, 9.17) is 5.73 Å². The largest absolute Gasteiger partial charge is 0.398 e. The molecule has 0 aliphatic carbocycles. The lowest BCUT2D eigenvalue weighted by atomic mass is 9.89. The Hall–Kier alpha value is -1.87. The molecule has 1 spiro atoms. The van der Waals surface area contributed by atoms with Crippen molar-refractivity contribution in [2.75, 3.05) is 18.8 Å². The van der Waals surface area contributed by atoms with Gasteiger partial charge in [0.25, 0.3) is 0 Å². The Morgan fingerprint density at radius 3 is 2.43 bits per heavy atom. The van der Waals surface area contributed by atoms with E-state index in [0.717, 1.165) is 31.1 Å². The first-order valence-corrected chi connectivity index (χ1v) is 8.59. The van der Waals surface area contributed by atoms with Gasteiger partial charge in [-0.25, -0.2) is 4.39 Å². The van der Waals surface area contributed by atoms with E-state index in [1.54, 1.807) is 12.1 Å². The number of fused-ring (bicyclic) bond motifs is 1. The maximum atomic E-state index is 13.0. The van der Waals surface area contributed by atoms with Gasteiger partial charge in [-0.05, 0) is 48.9 Å². The Balaban J connectivity index is 1.40. The molecule has 2 aliphatic heterocycles. The highest BCUT2D eigenvalue weighted by Gasteiger charge is 2.40. The van der Waals surface area contributed by atoms with Gasteiger partial charge in [-0.1, -0.05) is 24.3 Å². The first-order chi connectivity index (χ1) is 11.1. The average molecular weight is 311 g/mol. The number of rotatable bonds is 2. The monoisotopic (exact) mass is 311 g/mol. The summed E-state index contributed by atoms with van der Waals surface area (Å²) in [6.45, 7) is 4.72. The van der Waals surface area contributed by atoms with Crippen molar-refractivity contribution in [3.63, 3.8) is 0 Å². The van der Waals surface area contributed by atoms with E-state index >= 15 is 0 Å². The van der Waals surface area contributed by atoms with Crippen LogP contribution in [0.25, 0.3) is 0 Å². The topological polar surface area (TPSA) is 26.0 Å². The summed E-state index contributed by atoms with van der Waals surface area (Å²) in [5, 5.41) is 0. The van der Waals surface area contributed by atoms with Gasteiger partial charge in [-0.3, -0.25) is 0 Å². The molecule has 2 heterocycles. The van der Waals surface area contributed by atoms with Crippen LogP contribution in [0.5, 0.6) is 0 Å². The molecule has 0 atom stereocenters. The third-order valence-electron chi connectivity index (χ3n) is 5.77. The number of benzene rings is 2. The molecule has 2 N–H and O–H groups in total. The van der Waals surface area contributed by atoms with E-state index in [-0.39, 0.29) is 5.82 Å². The van der Waals surface area contributed by atoms with Crippen LogP contribution in [0, 0.1) is 11.7 Å². The van der Waals surface area contributed by atoms with Crippen LogP contribution < -0.4 is 5.73 Å². The number of nitrogens with two attached hydrogens (primary N) is 1. The van der Waals surface area contributed by atoms with Crippen molar-refractivity contribution in [3.05, 3.63) is 65.0 Å². The van der Waals surface area contributed by atoms with Crippen molar-refractivity contribution in [3.8, 4) is 0 Å². The number of piperidine rings is 1. The highest BCUT2D eigenvalue weighted by Crippen LogP contribution is 2.38. The summed E-state index contributed by atoms with van der Waals surface area (Å²) in [4.78, 5) is 0. The number of quaternary nitrogens is 1. The zero-order valence-corrected chi connectivity index (χ0v) is 13.5. The summed E-state index contributed by atoms with van der Waals surface area (Å²) in [5.41, 5.74) is 11.2. The van der Waals surface area contributed by atoms with Gasteiger partial charge < -0.3 is 10.2 Å². The predicted molar refractivity (Wildman–Crippen MR) is 91.1 cm³/mol. The second-order valence-electron chi connectivity index (χ2n) is 7.36. The van der Waals surface area contributed by atoms with Crippen LogP contribution in [0.15, 0.2) is 42.5 Å². The van der Waals surface area contributed by atoms with Crippen LogP contribution in [0.2, 0.25) is 0 Å². The molecule has 1 saturated heterocycles. The van der Waals surface area contributed by atoms with Gasteiger partial charge in [0.05, 0.1) is 13.1 Å². The number of hydrogen-bond donors (Lipinski definition) is 1. The van der Waals surface area contributed by atoms with Gasteiger partial charge in [-0.15, -0.1) is 0 Å². The minimum atomic E-state index is -0.144. The van der Waals surface area contributed by atoms with Gasteiger partial charge in [0.1, 0.15) is 18.9 Å². The van der Waals surface area contributed by atoms with E-state index in [1.807, 2.05) is 18.2 Å². The Labute approximate surface area is 137 Å². The SMILES string of the molecule is Nc1cccc2c1C[N+]1(CCC(Cc3ccc(F)cc3)CC1)C2. The molecule has 1 fully saturated rings. The molecular formula is C20H24FN2+. The quantitative estimate of drug-likeness (QED) is 0.661. The third-order valence-corrected chi connectivity index (χ3v) is 5.77. The second kappa shape index (κ2) is 5.64. The highest BCUT2D eigenvalue weighted by molar-refractivity contribution is 5.51. The highest BCUT2D eigenvalue weighted by atomic mass is 19.1. The van der Waals surface area contributed by atoms with Gasteiger partial charge in [0.15, 0.2) is 0 Å². The molecule has 0 amide bonds. The minimum Gasteiger partial charge on any atom is -0.398 e. The lowest BCUT2D eigenvalue weighted by molar-refractivity contribution is -0.952. The van der Waals surface area contributed by atoms with Crippen LogP contribution in [0.4, 0.5) is 10.1 Å². The molecular weight excluding hydrogens is 287 g/mol. The third kappa shape index (κ3) is 2.86. The van der Waals surface area contributed by atoms with Crippen LogP contribution >= 0.6 is 0 Å². The van der Waals surface area contributed by atoms with Crippen LogP contribution in [-0.2, 0) is 19.5 Å². The molecule has 2 nitrogen and oxygen atoms in total. The fourth-order valence-electron chi connectivity index (χ4n) is 4.39. The summed E-state index contributed by atoms with van der Waals surface area (Å²) in [5.74, 6) is 0.583. The van der Waals surface area contributed by atoms with Gasteiger partial charge in [0.2, 0.25) is 0 Å². The lowest BCUT2D eigenvalue weighted by Gasteiger charge is -2.40. The minimum absolute atomic E-state index is 0.144. The smallest absolute Gasteiger partial charge is 0.123 e. The van der Waals surface area contributed by atoms with Crippen molar-refractivity contribution in [1.82, 2.24) is 0 Å². The fraction of sp³-hybridized carbons (Fsp3) is 0.400. The molecule has 0 unspecified atom stereocenters. The lowest BCUT2D eigenvalue weighted by Crippen LogP contribution is -2.48. The number of nitrogens with zero attached hydrogens (tertiary/aromatic N) is 1. The van der Waals surface area contributed by atoms with Gasteiger partial charge >= 0.3 is 0 Å². The van der Waals surface area contributed by atoms with Crippen molar-refractivity contribution in [2.45, 2.75) is 32.4 Å². The van der Waals surface area contributed by atoms with Crippen LogP contribution in [0.1, 0.15) is 29.5 Å². The van der Waals surface area contributed by atoms with Crippen molar-refractivity contribution < 1.29 is 8.87 Å². The summed E-state index contributed by atoms with van der Waals surface area (Å²) < 4.78 is 14.2. The van der Waals surface area contributed by atoms with Gasteiger partial charge in [0, 0.05) is 16.8 Å². The molecule has 2 aromatic carbocycles. The molecule has 3 heteroatoms. The van der Waals surface area contributed by atoms with Crippen LogP contribution in [-0.4, -0.2) is 17.6 Å². The summed E-state index contributed by atoms with van der Waals surface area (Å²) >= 11 is 0. The number of halogens is 1. The second-order valence-corrected chi connectivity index (χ2v) is 7.36. The molecule has 120 valence electrons. The zero-order valence-electron chi connectivity index (χ0n) is 13.5. The molecule has 0 bridgehead atoms. The molecule has 0 radical (unpaired) electrons. The maximum Gasteiger partial charge on any atom is 0.123 e.